The summed E-state index contributed by atoms with van der Waals surface area (Å²) >= 11 is 0. The van der Waals surface area contributed by atoms with Crippen molar-refractivity contribution in [1.29, 1.82) is 0 Å². The van der Waals surface area contributed by atoms with E-state index in [-0.39, 0.29) is 12.5 Å². The summed E-state index contributed by atoms with van der Waals surface area (Å²) < 4.78 is 0. The zero-order chi connectivity index (χ0) is 14.5. The monoisotopic (exact) mass is 274 g/mol. The lowest BCUT2D eigenvalue weighted by atomic mass is 10.2. The highest BCUT2D eigenvalue weighted by molar-refractivity contribution is 5.98. The Labute approximate surface area is 119 Å². The molecule has 1 heterocycles. The molecule has 2 N–H and O–H groups in total. The summed E-state index contributed by atoms with van der Waals surface area (Å²) in [6.45, 7) is 5.18. The van der Waals surface area contributed by atoms with E-state index in [1.54, 1.807) is 4.90 Å². The van der Waals surface area contributed by atoms with E-state index in [1.165, 1.54) is 0 Å². The van der Waals surface area contributed by atoms with Crippen LogP contribution in [-0.2, 0) is 0 Å². The number of nitrogens with one attached hydrogen (secondary N) is 1. The zero-order valence-corrected chi connectivity index (χ0v) is 12.1. The molecule has 4 nitrogen and oxygen atoms in total. The van der Waals surface area contributed by atoms with Gasteiger partial charge in [0.1, 0.15) is 5.69 Å². The van der Waals surface area contributed by atoms with E-state index >= 15 is 0 Å². The lowest BCUT2D eigenvalue weighted by Crippen LogP contribution is -2.34. The zero-order valence-electron chi connectivity index (χ0n) is 12.1. The van der Waals surface area contributed by atoms with Gasteiger partial charge in [0.15, 0.2) is 0 Å². The summed E-state index contributed by atoms with van der Waals surface area (Å²) in [6, 6.07) is 7.97. The number of aliphatic hydroxyl groups excluding tert-OH is 1. The Morgan fingerprint density at radius 2 is 2.10 bits per heavy atom. The normalized spacial score (nSPS) is 10.9. The lowest BCUT2D eigenvalue weighted by Gasteiger charge is -2.20. The average molecular weight is 274 g/mol. The molecule has 2 rings (SSSR count). The Morgan fingerprint density at radius 1 is 1.30 bits per heavy atom. The topological polar surface area (TPSA) is 56.3 Å². The number of hydrogen-bond acceptors (Lipinski definition) is 2. The van der Waals surface area contributed by atoms with E-state index in [0.29, 0.717) is 18.8 Å². The SMILES string of the molecule is CCCCN(CCO)C(=O)c1cc2ccc(C)cc2[nH]1. The van der Waals surface area contributed by atoms with Crippen molar-refractivity contribution < 1.29 is 9.90 Å². The lowest BCUT2D eigenvalue weighted by molar-refractivity contribution is 0.0714. The number of rotatable bonds is 6. The summed E-state index contributed by atoms with van der Waals surface area (Å²) in [4.78, 5) is 17.4. The number of aryl methyl sites for hydroxylation is 1. The number of aliphatic hydroxyl groups is 1. The van der Waals surface area contributed by atoms with Gasteiger partial charge >= 0.3 is 0 Å². The van der Waals surface area contributed by atoms with Gasteiger partial charge in [0.2, 0.25) is 0 Å². The first-order valence-corrected chi connectivity index (χ1v) is 7.15. The average Bonchev–Trinajstić information content (AvgIpc) is 2.85. The number of fused-ring (bicyclic) bond motifs is 1. The number of carbonyl (C=O) groups is 1. The van der Waals surface area contributed by atoms with Crippen molar-refractivity contribution >= 4 is 16.8 Å². The van der Waals surface area contributed by atoms with E-state index in [0.717, 1.165) is 29.3 Å². The molecule has 0 aliphatic heterocycles. The molecule has 0 fully saturated rings. The van der Waals surface area contributed by atoms with Gasteiger partial charge in [0.25, 0.3) is 5.91 Å². The smallest absolute Gasteiger partial charge is 0.270 e. The van der Waals surface area contributed by atoms with Crippen molar-refractivity contribution in [2.24, 2.45) is 0 Å². The van der Waals surface area contributed by atoms with E-state index in [4.69, 9.17) is 5.11 Å². The molecule has 4 heteroatoms. The molecular formula is C16H22N2O2. The van der Waals surface area contributed by atoms with Gasteiger partial charge in [0.05, 0.1) is 6.61 Å². The van der Waals surface area contributed by atoms with Gasteiger partial charge in [-0.15, -0.1) is 0 Å². The van der Waals surface area contributed by atoms with Crippen LogP contribution in [0.25, 0.3) is 10.9 Å². The molecule has 0 saturated carbocycles. The predicted octanol–water partition coefficient (Wildman–Crippen LogP) is 2.71. The van der Waals surface area contributed by atoms with Crippen LogP contribution in [0, 0.1) is 6.92 Å². The Balaban J connectivity index is 2.23. The minimum atomic E-state index is -0.0404. The molecule has 0 atom stereocenters. The maximum absolute atomic E-state index is 12.5. The summed E-state index contributed by atoms with van der Waals surface area (Å²) in [7, 11) is 0. The number of unbranched alkanes of at least 4 members (excludes halogenated alkanes) is 1. The summed E-state index contributed by atoms with van der Waals surface area (Å²) in [5.41, 5.74) is 2.74. The number of aromatic nitrogens is 1. The van der Waals surface area contributed by atoms with Crippen LogP contribution in [-0.4, -0.2) is 40.6 Å². The number of amides is 1. The molecule has 0 saturated heterocycles. The van der Waals surface area contributed by atoms with Crippen LogP contribution < -0.4 is 0 Å². The molecule has 2 aromatic rings. The third kappa shape index (κ3) is 3.20. The number of aromatic amines is 1. The van der Waals surface area contributed by atoms with Gasteiger partial charge in [-0.25, -0.2) is 0 Å². The largest absolute Gasteiger partial charge is 0.395 e. The summed E-state index contributed by atoms with van der Waals surface area (Å²) in [5.74, 6) is -0.0404. The van der Waals surface area contributed by atoms with E-state index in [1.807, 2.05) is 31.2 Å². The molecular weight excluding hydrogens is 252 g/mol. The van der Waals surface area contributed by atoms with Gasteiger partial charge in [-0.1, -0.05) is 25.5 Å². The summed E-state index contributed by atoms with van der Waals surface area (Å²) in [5, 5.41) is 10.1. The molecule has 1 aromatic carbocycles. The fourth-order valence-electron chi connectivity index (χ4n) is 2.31. The van der Waals surface area contributed by atoms with Crippen LogP contribution in [0.3, 0.4) is 0 Å². The van der Waals surface area contributed by atoms with Gasteiger partial charge in [-0.05, 0) is 31.0 Å². The van der Waals surface area contributed by atoms with Crippen molar-refractivity contribution in [2.45, 2.75) is 26.7 Å². The van der Waals surface area contributed by atoms with Gasteiger partial charge in [0, 0.05) is 24.0 Å². The molecule has 0 spiro atoms. The van der Waals surface area contributed by atoms with Crippen molar-refractivity contribution in [3.05, 3.63) is 35.5 Å². The number of H-pyrrole nitrogens is 1. The molecule has 0 radical (unpaired) electrons. The molecule has 1 amide bonds. The molecule has 20 heavy (non-hydrogen) atoms. The molecule has 0 aliphatic rings. The minimum absolute atomic E-state index is 0.00517. The first-order chi connectivity index (χ1) is 9.65. The Kier molecular flexibility index (Phi) is 4.79. The van der Waals surface area contributed by atoms with E-state index < -0.39 is 0 Å². The molecule has 0 bridgehead atoms. The van der Waals surface area contributed by atoms with Crippen LogP contribution in [0.2, 0.25) is 0 Å². The fourth-order valence-corrected chi connectivity index (χ4v) is 2.31. The highest BCUT2D eigenvalue weighted by Gasteiger charge is 2.16. The number of nitrogens with zero attached hydrogens (tertiary/aromatic N) is 1. The third-order valence-electron chi connectivity index (χ3n) is 3.45. The molecule has 0 unspecified atom stereocenters. The van der Waals surface area contributed by atoms with Crippen LogP contribution >= 0.6 is 0 Å². The second-order valence-corrected chi connectivity index (χ2v) is 5.14. The predicted molar refractivity (Wildman–Crippen MR) is 80.9 cm³/mol. The third-order valence-corrected chi connectivity index (χ3v) is 3.45. The Hall–Kier alpha value is -1.81. The fraction of sp³-hybridized carbons (Fsp3) is 0.438. The van der Waals surface area contributed by atoms with E-state index in [9.17, 15) is 4.79 Å². The maximum Gasteiger partial charge on any atom is 0.270 e. The number of carbonyl (C=O) groups excluding carboxylic acids is 1. The first kappa shape index (κ1) is 14.6. The Morgan fingerprint density at radius 3 is 2.80 bits per heavy atom. The van der Waals surface area contributed by atoms with Crippen molar-refractivity contribution in [3.8, 4) is 0 Å². The van der Waals surface area contributed by atoms with Crippen LogP contribution in [0.5, 0.6) is 0 Å². The molecule has 0 aliphatic carbocycles. The van der Waals surface area contributed by atoms with Gasteiger partial charge < -0.3 is 15.0 Å². The molecule has 1 aromatic heterocycles. The van der Waals surface area contributed by atoms with Crippen LogP contribution in [0.4, 0.5) is 0 Å². The standard InChI is InChI=1S/C16H22N2O2/c1-3-4-7-18(8-9-19)16(20)15-11-13-6-5-12(2)10-14(13)17-15/h5-6,10-11,17,19H,3-4,7-9H2,1-2H3. The van der Waals surface area contributed by atoms with Gasteiger partial charge in [-0.3, -0.25) is 4.79 Å². The highest BCUT2D eigenvalue weighted by atomic mass is 16.3. The van der Waals surface area contributed by atoms with Gasteiger partial charge in [-0.2, -0.15) is 0 Å². The summed E-state index contributed by atoms with van der Waals surface area (Å²) in [6.07, 6.45) is 1.98. The maximum atomic E-state index is 12.5. The van der Waals surface area contributed by atoms with Crippen molar-refractivity contribution in [3.63, 3.8) is 0 Å². The Bertz CT molecular complexity index is 589. The first-order valence-electron chi connectivity index (χ1n) is 7.15. The second-order valence-electron chi connectivity index (χ2n) is 5.14. The van der Waals surface area contributed by atoms with Crippen LogP contribution in [0.15, 0.2) is 24.3 Å². The second kappa shape index (κ2) is 6.57. The quantitative estimate of drug-likeness (QED) is 0.851. The minimum Gasteiger partial charge on any atom is -0.395 e. The van der Waals surface area contributed by atoms with E-state index in [2.05, 4.69) is 11.9 Å². The number of benzene rings is 1. The van der Waals surface area contributed by atoms with Crippen molar-refractivity contribution in [2.75, 3.05) is 19.7 Å². The molecule has 108 valence electrons. The number of hydrogen-bond donors (Lipinski definition) is 2. The highest BCUT2D eigenvalue weighted by Crippen LogP contribution is 2.18. The van der Waals surface area contributed by atoms with Crippen LogP contribution in [0.1, 0.15) is 35.8 Å². The van der Waals surface area contributed by atoms with Crippen molar-refractivity contribution in [1.82, 2.24) is 9.88 Å².